The molecule has 0 aliphatic carbocycles. The molecular weight excluding hydrogens is 328 g/mol. The molecule has 5 heteroatoms. The summed E-state index contributed by atoms with van der Waals surface area (Å²) in [4.78, 5) is 0. The minimum Gasteiger partial charge on any atom is -0.484 e. The van der Waals surface area contributed by atoms with Crippen molar-refractivity contribution in [2.45, 2.75) is 19.1 Å². The summed E-state index contributed by atoms with van der Waals surface area (Å²) in [5.41, 5.74) is 6.21. The van der Waals surface area contributed by atoms with Crippen molar-refractivity contribution in [2.24, 2.45) is 5.73 Å². The van der Waals surface area contributed by atoms with Crippen LogP contribution in [0.4, 0.5) is 8.78 Å². The van der Waals surface area contributed by atoms with E-state index in [1.807, 2.05) is 0 Å². The van der Waals surface area contributed by atoms with Gasteiger partial charge in [0.1, 0.15) is 23.5 Å². The van der Waals surface area contributed by atoms with Crippen LogP contribution in [-0.2, 0) is 0 Å². The maximum Gasteiger partial charge on any atom is 0.141 e. The highest BCUT2D eigenvalue weighted by Gasteiger charge is 2.21. The Hall–Kier alpha value is -1.46. The SMILES string of the molecule is CC(N)C(Oc1cc(F)cc(Br)c1)c1ccccc1F. The summed E-state index contributed by atoms with van der Waals surface area (Å²) in [5, 5.41) is 0. The molecule has 106 valence electrons. The van der Waals surface area contributed by atoms with Gasteiger partial charge in [-0.2, -0.15) is 0 Å². The van der Waals surface area contributed by atoms with Gasteiger partial charge in [-0.3, -0.25) is 0 Å². The van der Waals surface area contributed by atoms with Gasteiger partial charge in [0.25, 0.3) is 0 Å². The third-order valence-electron chi connectivity index (χ3n) is 2.79. The van der Waals surface area contributed by atoms with Crippen molar-refractivity contribution in [1.29, 1.82) is 0 Å². The highest BCUT2D eigenvalue weighted by atomic mass is 79.9. The van der Waals surface area contributed by atoms with Gasteiger partial charge >= 0.3 is 0 Å². The van der Waals surface area contributed by atoms with Gasteiger partial charge in [0.15, 0.2) is 0 Å². The fourth-order valence-electron chi connectivity index (χ4n) is 1.90. The number of rotatable bonds is 4. The first-order valence-electron chi connectivity index (χ1n) is 6.10. The zero-order valence-corrected chi connectivity index (χ0v) is 12.4. The maximum absolute atomic E-state index is 13.8. The van der Waals surface area contributed by atoms with Crippen molar-refractivity contribution in [3.8, 4) is 5.75 Å². The smallest absolute Gasteiger partial charge is 0.141 e. The van der Waals surface area contributed by atoms with E-state index in [1.54, 1.807) is 31.2 Å². The molecule has 0 aromatic heterocycles. The lowest BCUT2D eigenvalue weighted by Crippen LogP contribution is -2.29. The molecule has 2 aromatic carbocycles. The molecule has 2 nitrogen and oxygen atoms in total. The van der Waals surface area contributed by atoms with Gasteiger partial charge in [0.05, 0.1) is 0 Å². The summed E-state index contributed by atoms with van der Waals surface area (Å²) in [5.74, 6) is -0.543. The lowest BCUT2D eigenvalue weighted by molar-refractivity contribution is 0.175. The third-order valence-corrected chi connectivity index (χ3v) is 3.25. The Morgan fingerprint density at radius 3 is 2.45 bits per heavy atom. The first-order chi connectivity index (χ1) is 9.47. The highest BCUT2D eigenvalue weighted by Crippen LogP contribution is 2.28. The van der Waals surface area contributed by atoms with E-state index in [1.165, 1.54) is 18.2 Å². The van der Waals surface area contributed by atoms with Crippen LogP contribution in [0.25, 0.3) is 0 Å². The number of hydrogen-bond acceptors (Lipinski definition) is 2. The molecule has 0 saturated carbocycles. The van der Waals surface area contributed by atoms with Crippen molar-refractivity contribution in [1.82, 2.24) is 0 Å². The molecule has 0 bridgehead atoms. The van der Waals surface area contributed by atoms with Crippen molar-refractivity contribution in [3.63, 3.8) is 0 Å². The minimum atomic E-state index is -0.690. The molecule has 2 unspecified atom stereocenters. The molecule has 0 aliphatic rings. The zero-order valence-electron chi connectivity index (χ0n) is 10.8. The van der Waals surface area contributed by atoms with Crippen LogP contribution >= 0.6 is 15.9 Å². The van der Waals surface area contributed by atoms with Gasteiger partial charge in [0, 0.05) is 22.1 Å². The lowest BCUT2D eigenvalue weighted by Gasteiger charge is -2.23. The largest absolute Gasteiger partial charge is 0.484 e. The minimum absolute atomic E-state index is 0.294. The van der Waals surface area contributed by atoms with Crippen LogP contribution in [0.15, 0.2) is 46.9 Å². The molecule has 20 heavy (non-hydrogen) atoms. The number of ether oxygens (including phenoxy) is 1. The first-order valence-corrected chi connectivity index (χ1v) is 6.89. The van der Waals surface area contributed by atoms with E-state index in [2.05, 4.69) is 15.9 Å². The monoisotopic (exact) mass is 341 g/mol. The van der Waals surface area contributed by atoms with Crippen molar-refractivity contribution in [2.75, 3.05) is 0 Å². The highest BCUT2D eigenvalue weighted by molar-refractivity contribution is 9.10. The summed E-state index contributed by atoms with van der Waals surface area (Å²) >= 11 is 3.19. The fourth-order valence-corrected chi connectivity index (χ4v) is 2.35. The summed E-state index contributed by atoms with van der Waals surface area (Å²) in [7, 11) is 0. The average Bonchev–Trinajstić information content (AvgIpc) is 2.35. The number of benzene rings is 2. The molecule has 2 N–H and O–H groups in total. The second kappa shape index (κ2) is 6.33. The molecule has 0 amide bonds. The van der Waals surface area contributed by atoms with Gasteiger partial charge in [-0.15, -0.1) is 0 Å². The van der Waals surface area contributed by atoms with Crippen LogP contribution in [0, 0.1) is 11.6 Å². The molecule has 2 rings (SSSR count). The van der Waals surface area contributed by atoms with Gasteiger partial charge in [0.2, 0.25) is 0 Å². The van der Waals surface area contributed by atoms with Gasteiger partial charge in [-0.05, 0) is 25.1 Å². The average molecular weight is 342 g/mol. The van der Waals surface area contributed by atoms with E-state index < -0.39 is 23.8 Å². The van der Waals surface area contributed by atoms with Gasteiger partial charge in [-0.25, -0.2) is 8.78 Å². The summed E-state index contributed by atoms with van der Waals surface area (Å²) in [6.45, 7) is 1.71. The molecule has 0 fully saturated rings. The maximum atomic E-state index is 13.8. The standard InChI is InChI=1S/C15H14BrF2NO/c1-9(19)15(13-4-2-3-5-14(13)18)20-12-7-10(16)6-11(17)8-12/h2-9,15H,19H2,1H3. The van der Waals surface area contributed by atoms with Crippen LogP contribution in [-0.4, -0.2) is 6.04 Å². The van der Waals surface area contributed by atoms with Gasteiger partial charge in [-0.1, -0.05) is 34.1 Å². The van der Waals surface area contributed by atoms with Crippen LogP contribution in [0.2, 0.25) is 0 Å². The molecule has 0 spiro atoms. The topological polar surface area (TPSA) is 35.2 Å². The van der Waals surface area contributed by atoms with E-state index in [4.69, 9.17) is 10.5 Å². The lowest BCUT2D eigenvalue weighted by atomic mass is 10.0. The molecule has 0 heterocycles. The summed E-state index contributed by atoms with van der Waals surface area (Å²) in [6, 6.07) is 9.97. The van der Waals surface area contributed by atoms with Gasteiger partial charge < -0.3 is 10.5 Å². The van der Waals surface area contributed by atoms with E-state index in [-0.39, 0.29) is 0 Å². The summed E-state index contributed by atoms with van der Waals surface area (Å²) < 4.78 is 33.4. The van der Waals surface area contributed by atoms with E-state index in [0.29, 0.717) is 15.8 Å². The van der Waals surface area contributed by atoms with Crippen molar-refractivity contribution in [3.05, 3.63) is 64.1 Å². The Labute approximate surface area is 124 Å². The Balaban J connectivity index is 2.33. The van der Waals surface area contributed by atoms with E-state index in [0.717, 1.165) is 0 Å². The van der Waals surface area contributed by atoms with Crippen LogP contribution in [0.5, 0.6) is 5.75 Å². The predicted octanol–water partition coefficient (Wildman–Crippen LogP) is 4.19. The fraction of sp³-hybridized carbons (Fsp3) is 0.200. The number of nitrogens with two attached hydrogens (primary N) is 1. The molecule has 0 aliphatic heterocycles. The number of hydrogen-bond donors (Lipinski definition) is 1. The normalized spacial score (nSPS) is 13.8. The van der Waals surface area contributed by atoms with Crippen LogP contribution in [0.1, 0.15) is 18.6 Å². The second-order valence-electron chi connectivity index (χ2n) is 4.52. The molecule has 0 saturated heterocycles. The Morgan fingerprint density at radius 2 is 1.85 bits per heavy atom. The first kappa shape index (κ1) is 14.9. The Bertz CT molecular complexity index is 584. The van der Waals surface area contributed by atoms with Crippen LogP contribution < -0.4 is 10.5 Å². The Kier molecular flexibility index (Phi) is 4.73. The summed E-state index contributed by atoms with van der Waals surface area (Å²) in [6.07, 6.45) is -0.690. The molecular formula is C15H14BrF2NO. The van der Waals surface area contributed by atoms with E-state index >= 15 is 0 Å². The van der Waals surface area contributed by atoms with Crippen molar-refractivity contribution < 1.29 is 13.5 Å². The Morgan fingerprint density at radius 1 is 1.15 bits per heavy atom. The molecule has 2 atom stereocenters. The molecule has 2 aromatic rings. The second-order valence-corrected chi connectivity index (χ2v) is 5.44. The predicted molar refractivity (Wildman–Crippen MR) is 77.5 cm³/mol. The van der Waals surface area contributed by atoms with Crippen molar-refractivity contribution >= 4 is 15.9 Å². The number of halogens is 3. The zero-order chi connectivity index (χ0) is 14.7. The quantitative estimate of drug-likeness (QED) is 0.904. The third kappa shape index (κ3) is 3.55. The van der Waals surface area contributed by atoms with Crippen LogP contribution in [0.3, 0.4) is 0 Å². The molecule has 0 radical (unpaired) electrons. The van der Waals surface area contributed by atoms with E-state index in [9.17, 15) is 8.78 Å².